The number of ether oxygens (including phenoxy) is 1. The normalized spacial score (nSPS) is 15.9. The summed E-state index contributed by atoms with van der Waals surface area (Å²) in [7, 11) is -4.15. The van der Waals surface area contributed by atoms with E-state index < -0.39 is 28.9 Å². The van der Waals surface area contributed by atoms with Crippen LogP contribution in [0.3, 0.4) is 0 Å². The Morgan fingerprint density at radius 2 is 1.67 bits per heavy atom. The maximum absolute atomic E-state index is 13.0. The van der Waals surface area contributed by atoms with Gasteiger partial charge < -0.3 is 4.74 Å². The smallest absolute Gasteiger partial charge is 0.331 e. The standard InChI is InChI=1S/C17H15Cl3N2O4S/c1-10(2)22-17(23)12-5-3-4-6-15(12)21(27(22,24)25)9-26-16-13(19)7-11(18)8-14(16)20/h3-8,10H,9H2,1-2H3. The van der Waals surface area contributed by atoms with Gasteiger partial charge in [-0.05, 0) is 38.1 Å². The van der Waals surface area contributed by atoms with Crippen LogP contribution in [0.1, 0.15) is 24.2 Å². The van der Waals surface area contributed by atoms with Crippen LogP contribution in [-0.2, 0) is 10.2 Å². The Bertz CT molecular complexity index is 988. The van der Waals surface area contributed by atoms with Crippen LogP contribution in [0.25, 0.3) is 0 Å². The molecule has 1 heterocycles. The number of benzene rings is 2. The van der Waals surface area contributed by atoms with Crippen LogP contribution in [0.5, 0.6) is 5.75 Å². The van der Waals surface area contributed by atoms with Gasteiger partial charge in [0.25, 0.3) is 5.91 Å². The van der Waals surface area contributed by atoms with Gasteiger partial charge in [0.15, 0.2) is 12.5 Å². The zero-order valence-electron chi connectivity index (χ0n) is 14.3. The van der Waals surface area contributed by atoms with Crippen molar-refractivity contribution >= 4 is 56.6 Å². The van der Waals surface area contributed by atoms with Crippen molar-refractivity contribution in [1.29, 1.82) is 0 Å². The molecule has 6 nitrogen and oxygen atoms in total. The fourth-order valence-electron chi connectivity index (χ4n) is 2.75. The number of anilines is 1. The minimum Gasteiger partial charge on any atom is -0.469 e. The van der Waals surface area contributed by atoms with E-state index in [9.17, 15) is 13.2 Å². The van der Waals surface area contributed by atoms with E-state index in [1.807, 2.05) is 0 Å². The van der Waals surface area contributed by atoms with Gasteiger partial charge in [-0.3, -0.25) is 4.79 Å². The van der Waals surface area contributed by atoms with Gasteiger partial charge in [0.1, 0.15) is 0 Å². The molecule has 0 unspecified atom stereocenters. The van der Waals surface area contributed by atoms with E-state index in [-0.39, 0.29) is 27.0 Å². The van der Waals surface area contributed by atoms with Crippen molar-refractivity contribution in [2.45, 2.75) is 19.9 Å². The van der Waals surface area contributed by atoms with Crippen molar-refractivity contribution in [3.63, 3.8) is 0 Å². The molecular formula is C17H15Cl3N2O4S. The van der Waals surface area contributed by atoms with Gasteiger partial charge in [-0.15, -0.1) is 0 Å². The first-order valence-corrected chi connectivity index (χ1v) is 10.4. The van der Waals surface area contributed by atoms with E-state index in [1.165, 1.54) is 18.2 Å². The van der Waals surface area contributed by atoms with Gasteiger partial charge in [-0.1, -0.05) is 46.9 Å². The number of carbonyl (C=O) groups excluding carboxylic acids is 1. The number of hydrogen-bond acceptors (Lipinski definition) is 4. The number of para-hydroxylation sites is 1. The van der Waals surface area contributed by atoms with Gasteiger partial charge in [-0.25, -0.2) is 8.61 Å². The second-order valence-corrected chi connectivity index (χ2v) is 9.02. The largest absolute Gasteiger partial charge is 0.469 e. The monoisotopic (exact) mass is 448 g/mol. The highest BCUT2D eigenvalue weighted by molar-refractivity contribution is 7.91. The Balaban J connectivity index is 2.03. The van der Waals surface area contributed by atoms with Crippen LogP contribution < -0.4 is 9.04 Å². The molecule has 10 heteroatoms. The molecule has 0 fully saturated rings. The third kappa shape index (κ3) is 3.57. The zero-order chi connectivity index (χ0) is 19.9. The first-order chi connectivity index (χ1) is 12.6. The Labute approximate surface area is 172 Å². The Morgan fingerprint density at radius 3 is 2.26 bits per heavy atom. The number of amides is 1. The van der Waals surface area contributed by atoms with Gasteiger partial charge in [0, 0.05) is 11.1 Å². The molecule has 0 bridgehead atoms. The molecule has 144 valence electrons. The summed E-state index contributed by atoms with van der Waals surface area (Å²) in [6.07, 6.45) is 0. The van der Waals surface area contributed by atoms with E-state index >= 15 is 0 Å². The molecule has 1 aliphatic heterocycles. The number of halogens is 3. The first kappa shape index (κ1) is 20.1. The van der Waals surface area contributed by atoms with Crippen LogP contribution in [-0.4, -0.2) is 31.4 Å². The quantitative estimate of drug-likeness (QED) is 0.684. The van der Waals surface area contributed by atoms with Crippen LogP contribution in [0.4, 0.5) is 5.69 Å². The summed E-state index contributed by atoms with van der Waals surface area (Å²) >= 11 is 18.1. The molecule has 0 radical (unpaired) electrons. The minimum atomic E-state index is -4.15. The number of rotatable bonds is 4. The predicted molar refractivity (Wildman–Crippen MR) is 106 cm³/mol. The summed E-state index contributed by atoms with van der Waals surface area (Å²) in [4.78, 5) is 12.7. The van der Waals surface area contributed by atoms with E-state index in [1.54, 1.807) is 32.0 Å². The summed E-state index contributed by atoms with van der Waals surface area (Å²) in [5.41, 5.74) is 0.485. The van der Waals surface area contributed by atoms with E-state index in [2.05, 4.69) is 0 Å². The molecule has 2 aromatic rings. The topological polar surface area (TPSA) is 66.9 Å². The fourth-order valence-corrected chi connectivity index (χ4v) is 5.33. The SMILES string of the molecule is CC(C)N1C(=O)c2ccccc2N(COc2c(Cl)cc(Cl)cc2Cl)S1(=O)=O. The molecule has 0 saturated carbocycles. The van der Waals surface area contributed by atoms with Crippen LogP contribution in [0.15, 0.2) is 36.4 Å². The van der Waals surface area contributed by atoms with Gasteiger partial charge in [0.2, 0.25) is 0 Å². The molecule has 0 atom stereocenters. The van der Waals surface area contributed by atoms with Crippen molar-refractivity contribution in [1.82, 2.24) is 4.31 Å². The highest BCUT2D eigenvalue weighted by Gasteiger charge is 2.43. The lowest BCUT2D eigenvalue weighted by Crippen LogP contribution is -2.54. The number of nitrogens with zero attached hydrogens (tertiary/aromatic N) is 2. The zero-order valence-corrected chi connectivity index (χ0v) is 17.4. The summed E-state index contributed by atoms with van der Waals surface area (Å²) in [6.45, 7) is 2.82. The van der Waals surface area contributed by atoms with Crippen molar-refractivity contribution in [3.05, 3.63) is 57.0 Å². The van der Waals surface area contributed by atoms with E-state index in [4.69, 9.17) is 39.5 Å². The number of fused-ring (bicyclic) bond motifs is 1. The molecule has 0 saturated heterocycles. The molecule has 0 aromatic heterocycles. The van der Waals surface area contributed by atoms with Crippen molar-refractivity contribution in [3.8, 4) is 5.75 Å². The summed E-state index contributed by atoms with van der Waals surface area (Å²) in [6, 6.07) is 8.72. The molecular weight excluding hydrogens is 435 g/mol. The second-order valence-electron chi connectivity index (χ2n) is 6.04. The van der Waals surface area contributed by atoms with Gasteiger partial charge in [-0.2, -0.15) is 8.42 Å². The minimum absolute atomic E-state index is 0.100. The molecule has 1 amide bonds. The lowest BCUT2D eigenvalue weighted by molar-refractivity contribution is 0.0830. The average molecular weight is 450 g/mol. The molecule has 1 aliphatic rings. The molecule has 0 spiro atoms. The molecule has 0 aliphatic carbocycles. The van der Waals surface area contributed by atoms with E-state index in [0.29, 0.717) is 5.02 Å². The maximum atomic E-state index is 13.0. The lowest BCUT2D eigenvalue weighted by atomic mass is 10.1. The molecule has 3 rings (SSSR count). The summed E-state index contributed by atoms with van der Waals surface area (Å²) in [5, 5.41) is 0.615. The molecule has 0 N–H and O–H groups in total. The lowest BCUT2D eigenvalue weighted by Gasteiger charge is -2.38. The highest BCUT2D eigenvalue weighted by Crippen LogP contribution is 2.38. The molecule has 27 heavy (non-hydrogen) atoms. The van der Waals surface area contributed by atoms with Gasteiger partial charge in [0.05, 0.1) is 21.3 Å². The van der Waals surface area contributed by atoms with Crippen LogP contribution in [0, 0.1) is 0 Å². The first-order valence-electron chi connectivity index (χ1n) is 7.87. The van der Waals surface area contributed by atoms with Crippen molar-refractivity contribution < 1.29 is 17.9 Å². The Hall–Kier alpha value is -1.67. The van der Waals surface area contributed by atoms with Crippen molar-refractivity contribution in [2.24, 2.45) is 0 Å². The summed E-state index contributed by atoms with van der Waals surface area (Å²) < 4.78 is 33.5. The van der Waals surface area contributed by atoms with Gasteiger partial charge >= 0.3 is 10.2 Å². The fraction of sp³-hybridized carbons (Fsp3) is 0.235. The predicted octanol–water partition coefficient (Wildman–Crippen LogP) is 4.60. The van der Waals surface area contributed by atoms with E-state index in [0.717, 1.165) is 8.61 Å². The Morgan fingerprint density at radius 1 is 1.07 bits per heavy atom. The van der Waals surface area contributed by atoms with Crippen LogP contribution in [0.2, 0.25) is 15.1 Å². The second kappa shape index (κ2) is 7.39. The van der Waals surface area contributed by atoms with Crippen molar-refractivity contribution in [2.75, 3.05) is 11.0 Å². The molecule has 2 aromatic carbocycles. The number of carbonyl (C=O) groups is 1. The third-order valence-corrected chi connectivity index (χ3v) is 6.61. The average Bonchev–Trinajstić information content (AvgIpc) is 2.55. The number of hydrogen-bond donors (Lipinski definition) is 0. The maximum Gasteiger partial charge on any atom is 0.331 e. The summed E-state index contributed by atoms with van der Waals surface area (Å²) in [5.74, 6) is -0.484. The highest BCUT2D eigenvalue weighted by atomic mass is 35.5. The third-order valence-electron chi connectivity index (χ3n) is 3.89. The Kier molecular flexibility index (Phi) is 5.49. The van der Waals surface area contributed by atoms with Crippen LogP contribution >= 0.6 is 34.8 Å².